The molecule has 0 aliphatic heterocycles. The SMILES string of the molecule is Cc1cc(CCN)cc(C)c1OCc1cccc(F)c1. The zero-order valence-corrected chi connectivity index (χ0v) is 11.9. The summed E-state index contributed by atoms with van der Waals surface area (Å²) in [5, 5.41) is 0. The summed E-state index contributed by atoms with van der Waals surface area (Å²) in [6.07, 6.45) is 0.867. The first kappa shape index (κ1) is 14.5. The lowest BCUT2D eigenvalue weighted by Gasteiger charge is -2.14. The molecule has 2 N–H and O–H groups in total. The molecule has 2 aromatic rings. The van der Waals surface area contributed by atoms with E-state index in [0.717, 1.165) is 28.9 Å². The van der Waals surface area contributed by atoms with E-state index >= 15 is 0 Å². The normalized spacial score (nSPS) is 10.6. The highest BCUT2D eigenvalue weighted by molar-refractivity contribution is 5.43. The van der Waals surface area contributed by atoms with Crippen LogP contribution in [-0.2, 0) is 13.0 Å². The van der Waals surface area contributed by atoms with Crippen LogP contribution in [0.1, 0.15) is 22.3 Å². The summed E-state index contributed by atoms with van der Waals surface area (Å²) in [6.45, 7) is 5.06. The standard InChI is InChI=1S/C17H20FNO/c1-12-8-14(6-7-19)9-13(2)17(12)20-11-15-4-3-5-16(18)10-15/h3-5,8-10H,6-7,11,19H2,1-2H3. The lowest BCUT2D eigenvalue weighted by molar-refractivity contribution is 0.301. The van der Waals surface area contributed by atoms with Crippen LogP contribution < -0.4 is 10.5 Å². The van der Waals surface area contributed by atoms with E-state index < -0.39 is 0 Å². The highest BCUT2D eigenvalue weighted by Gasteiger charge is 2.07. The summed E-state index contributed by atoms with van der Waals surface area (Å²) in [6, 6.07) is 10.7. The van der Waals surface area contributed by atoms with Crippen LogP contribution in [-0.4, -0.2) is 6.54 Å². The Bertz CT molecular complexity index is 572. The van der Waals surface area contributed by atoms with Gasteiger partial charge in [-0.3, -0.25) is 0 Å². The van der Waals surface area contributed by atoms with Gasteiger partial charge in [0.1, 0.15) is 18.2 Å². The number of hydrogen-bond acceptors (Lipinski definition) is 2. The van der Waals surface area contributed by atoms with Crippen molar-refractivity contribution in [1.82, 2.24) is 0 Å². The Morgan fingerprint density at radius 3 is 2.35 bits per heavy atom. The number of ether oxygens (including phenoxy) is 1. The maximum atomic E-state index is 13.1. The number of nitrogens with two attached hydrogens (primary N) is 1. The minimum atomic E-state index is -0.238. The summed E-state index contributed by atoms with van der Waals surface area (Å²) in [5.41, 5.74) is 9.81. The smallest absolute Gasteiger partial charge is 0.125 e. The van der Waals surface area contributed by atoms with Crippen LogP contribution in [0.4, 0.5) is 4.39 Å². The first-order chi connectivity index (χ1) is 9.60. The molecule has 2 aromatic carbocycles. The lowest BCUT2D eigenvalue weighted by Crippen LogP contribution is -2.05. The minimum Gasteiger partial charge on any atom is -0.488 e. The van der Waals surface area contributed by atoms with Gasteiger partial charge >= 0.3 is 0 Å². The monoisotopic (exact) mass is 273 g/mol. The van der Waals surface area contributed by atoms with Crippen molar-refractivity contribution in [2.45, 2.75) is 26.9 Å². The zero-order valence-electron chi connectivity index (χ0n) is 11.9. The molecule has 0 bridgehead atoms. The molecule has 0 aliphatic rings. The molecule has 0 heterocycles. The number of halogens is 1. The zero-order chi connectivity index (χ0) is 14.5. The molecule has 0 saturated heterocycles. The first-order valence-corrected chi connectivity index (χ1v) is 6.77. The van der Waals surface area contributed by atoms with Crippen molar-refractivity contribution in [3.8, 4) is 5.75 Å². The highest BCUT2D eigenvalue weighted by Crippen LogP contribution is 2.26. The Morgan fingerprint density at radius 1 is 1.05 bits per heavy atom. The topological polar surface area (TPSA) is 35.2 Å². The molecule has 106 valence electrons. The van der Waals surface area contributed by atoms with Crippen LogP contribution in [0.3, 0.4) is 0 Å². The Hall–Kier alpha value is -1.87. The number of rotatable bonds is 5. The van der Waals surface area contributed by atoms with E-state index in [-0.39, 0.29) is 5.82 Å². The molecular weight excluding hydrogens is 253 g/mol. The van der Waals surface area contributed by atoms with Crippen molar-refractivity contribution < 1.29 is 9.13 Å². The van der Waals surface area contributed by atoms with Crippen LogP contribution in [0.25, 0.3) is 0 Å². The Morgan fingerprint density at radius 2 is 1.75 bits per heavy atom. The number of benzene rings is 2. The van der Waals surface area contributed by atoms with Gasteiger partial charge in [-0.25, -0.2) is 4.39 Å². The molecule has 0 fully saturated rings. The van der Waals surface area contributed by atoms with Gasteiger partial charge in [0, 0.05) is 0 Å². The van der Waals surface area contributed by atoms with Gasteiger partial charge in [-0.05, 0) is 61.2 Å². The largest absolute Gasteiger partial charge is 0.488 e. The van der Waals surface area contributed by atoms with Crippen molar-refractivity contribution >= 4 is 0 Å². The van der Waals surface area contributed by atoms with E-state index in [0.29, 0.717) is 13.2 Å². The molecule has 0 aliphatic carbocycles. The van der Waals surface area contributed by atoms with Gasteiger partial charge in [0.2, 0.25) is 0 Å². The van der Waals surface area contributed by atoms with Gasteiger partial charge in [-0.1, -0.05) is 24.3 Å². The van der Waals surface area contributed by atoms with E-state index in [1.165, 1.54) is 17.7 Å². The van der Waals surface area contributed by atoms with Crippen molar-refractivity contribution in [1.29, 1.82) is 0 Å². The van der Waals surface area contributed by atoms with Crippen molar-refractivity contribution in [2.24, 2.45) is 5.73 Å². The van der Waals surface area contributed by atoms with Crippen LogP contribution >= 0.6 is 0 Å². The van der Waals surface area contributed by atoms with Crippen LogP contribution in [0.15, 0.2) is 36.4 Å². The molecule has 0 aromatic heterocycles. The van der Waals surface area contributed by atoms with Gasteiger partial charge in [-0.15, -0.1) is 0 Å². The second-order valence-corrected chi connectivity index (χ2v) is 5.02. The first-order valence-electron chi connectivity index (χ1n) is 6.77. The van der Waals surface area contributed by atoms with Gasteiger partial charge < -0.3 is 10.5 Å². The van der Waals surface area contributed by atoms with Gasteiger partial charge in [0.15, 0.2) is 0 Å². The third-order valence-corrected chi connectivity index (χ3v) is 3.23. The third kappa shape index (κ3) is 3.58. The summed E-state index contributed by atoms with van der Waals surface area (Å²) in [5.74, 6) is 0.632. The van der Waals surface area contributed by atoms with Crippen molar-refractivity contribution in [2.75, 3.05) is 6.54 Å². The molecule has 2 nitrogen and oxygen atoms in total. The van der Waals surface area contributed by atoms with E-state index in [1.54, 1.807) is 6.07 Å². The summed E-state index contributed by atoms with van der Waals surface area (Å²) in [4.78, 5) is 0. The molecule has 20 heavy (non-hydrogen) atoms. The summed E-state index contributed by atoms with van der Waals surface area (Å²) < 4.78 is 19.0. The second-order valence-electron chi connectivity index (χ2n) is 5.02. The average molecular weight is 273 g/mol. The average Bonchev–Trinajstić information content (AvgIpc) is 2.38. The van der Waals surface area contributed by atoms with Crippen LogP contribution in [0.5, 0.6) is 5.75 Å². The molecule has 0 amide bonds. The Balaban J connectivity index is 2.13. The third-order valence-electron chi connectivity index (χ3n) is 3.23. The molecule has 0 unspecified atom stereocenters. The fourth-order valence-electron chi connectivity index (χ4n) is 2.36. The van der Waals surface area contributed by atoms with Crippen molar-refractivity contribution in [3.05, 3.63) is 64.5 Å². The van der Waals surface area contributed by atoms with Crippen molar-refractivity contribution in [3.63, 3.8) is 0 Å². The quantitative estimate of drug-likeness (QED) is 0.904. The fraction of sp³-hybridized carbons (Fsp3) is 0.294. The van der Waals surface area contributed by atoms with Crippen LogP contribution in [0, 0.1) is 19.7 Å². The molecule has 0 saturated carbocycles. The maximum Gasteiger partial charge on any atom is 0.125 e. The fourth-order valence-corrected chi connectivity index (χ4v) is 2.36. The Kier molecular flexibility index (Phi) is 4.74. The second kappa shape index (κ2) is 6.53. The highest BCUT2D eigenvalue weighted by atomic mass is 19.1. The molecule has 0 spiro atoms. The molecule has 0 radical (unpaired) electrons. The van der Waals surface area contributed by atoms with Crippen LogP contribution in [0.2, 0.25) is 0 Å². The van der Waals surface area contributed by atoms with E-state index in [4.69, 9.17) is 10.5 Å². The maximum absolute atomic E-state index is 13.1. The predicted molar refractivity (Wildman–Crippen MR) is 79.4 cm³/mol. The predicted octanol–water partition coefficient (Wildman–Crippen LogP) is 3.52. The van der Waals surface area contributed by atoms with Gasteiger partial charge in [0.25, 0.3) is 0 Å². The molecule has 0 atom stereocenters. The van der Waals surface area contributed by atoms with E-state index in [2.05, 4.69) is 12.1 Å². The molecule has 3 heteroatoms. The summed E-state index contributed by atoms with van der Waals surface area (Å²) in [7, 11) is 0. The minimum absolute atomic E-state index is 0.238. The summed E-state index contributed by atoms with van der Waals surface area (Å²) >= 11 is 0. The van der Waals surface area contributed by atoms with Gasteiger partial charge in [-0.2, -0.15) is 0 Å². The van der Waals surface area contributed by atoms with E-state index in [1.807, 2.05) is 19.9 Å². The Labute approximate surface area is 119 Å². The molecular formula is C17H20FNO. The number of aryl methyl sites for hydroxylation is 2. The number of hydrogen-bond donors (Lipinski definition) is 1. The molecule has 2 rings (SSSR count). The van der Waals surface area contributed by atoms with E-state index in [9.17, 15) is 4.39 Å². The lowest BCUT2D eigenvalue weighted by atomic mass is 10.0. The van der Waals surface area contributed by atoms with Gasteiger partial charge in [0.05, 0.1) is 0 Å².